The van der Waals surface area contributed by atoms with Gasteiger partial charge in [-0.3, -0.25) is 4.99 Å². The molecular weight excluding hydrogens is 234 g/mol. The van der Waals surface area contributed by atoms with Gasteiger partial charge in [-0.15, -0.1) is 0 Å². The summed E-state index contributed by atoms with van der Waals surface area (Å²) in [6.07, 6.45) is 0. The summed E-state index contributed by atoms with van der Waals surface area (Å²) < 4.78 is 0. The second kappa shape index (κ2) is 4.12. The number of amidine groups is 2. The van der Waals surface area contributed by atoms with Crippen molar-refractivity contribution < 1.29 is 0 Å². The van der Waals surface area contributed by atoms with E-state index in [4.69, 9.17) is 0 Å². The van der Waals surface area contributed by atoms with E-state index in [2.05, 4.69) is 59.8 Å². The van der Waals surface area contributed by atoms with E-state index in [1.165, 1.54) is 21.9 Å². The molecule has 0 N–H and O–H groups in total. The van der Waals surface area contributed by atoms with Gasteiger partial charge >= 0.3 is 0 Å². The van der Waals surface area contributed by atoms with Crippen LogP contribution in [-0.2, 0) is 0 Å². The lowest BCUT2D eigenvalue weighted by Gasteiger charge is -2.11. The van der Waals surface area contributed by atoms with Crippen molar-refractivity contribution >= 4 is 29.2 Å². The highest BCUT2D eigenvalue weighted by Crippen LogP contribution is 2.32. The predicted octanol–water partition coefficient (Wildman–Crippen LogP) is 3.29. The molecule has 0 saturated heterocycles. The third-order valence-electron chi connectivity index (χ3n) is 3.70. The lowest BCUT2D eigenvalue weighted by atomic mass is 9.93. The molecule has 0 radical (unpaired) electrons. The van der Waals surface area contributed by atoms with Crippen LogP contribution in [0.25, 0.3) is 10.8 Å². The molecule has 0 saturated carbocycles. The van der Waals surface area contributed by atoms with E-state index in [0.29, 0.717) is 5.84 Å². The highest BCUT2D eigenvalue weighted by atomic mass is 15.0. The summed E-state index contributed by atoms with van der Waals surface area (Å²) in [5.41, 5.74) is 4.58. The van der Waals surface area contributed by atoms with Gasteiger partial charge in [0.1, 0.15) is 0 Å². The van der Waals surface area contributed by atoms with Crippen LogP contribution in [0, 0.1) is 13.8 Å². The van der Waals surface area contributed by atoms with E-state index in [1.807, 2.05) is 0 Å². The number of aliphatic imine (C=N–C) groups is 3. The maximum absolute atomic E-state index is 4.44. The maximum Gasteiger partial charge on any atom is 0.162 e. The third-order valence-corrected chi connectivity index (χ3v) is 3.70. The monoisotopic (exact) mass is 249 g/mol. The zero-order valence-corrected chi connectivity index (χ0v) is 11.4. The standard InChI is InChI=1S/C16H15N3/c1-9-6-5-7-11-10(2)14-13(8-12(9)11)15(17-3)19-16(14)18-4/h5-8H,4H2,1-3H3. The first-order valence-corrected chi connectivity index (χ1v) is 6.23. The van der Waals surface area contributed by atoms with Gasteiger partial charge in [0, 0.05) is 18.2 Å². The van der Waals surface area contributed by atoms with E-state index < -0.39 is 0 Å². The van der Waals surface area contributed by atoms with Gasteiger partial charge in [0.15, 0.2) is 11.7 Å². The fraction of sp³-hybridized carbons (Fsp3) is 0.188. The van der Waals surface area contributed by atoms with Gasteiger partial charge in [0.05, 0.1) is 0 Å². The van der Waals surface area contributed by atoms with Gasteiger partial charge in [-0.1, -0.05) is 18.2 Å². The molecule has 0 amide bonds. The Hall–Kier alpha value is -2.29. The third kappa shape index (κ3) is 1.55. The van der Waals surface area contributed by atoms with Crippen LogP contribution in [0.4, 0.5) is 0 Å². The number of aryl methyl sites for hydroxylation is 2. The summed E-state index contributed by atoms with van der Waals surface area (Å²) in [4.78, 5) is 12.7. The second-order valence-corrected chi connectivity index (χ2v) is 4.73. The normalized spacial score (nSPS) is 15.7. The Balaban J connectivity index is 2.48. The molecule has 3 heteroatoms. The minimum absolute atomic E-state index is 0.677. The first-order chi connectivity index (χ1) is 9.17. The van der Waals surface area contributed by atoms with Crippen molar-refractivity contribution in [1.82, 2.24) is 0 Å². The Kier molecular flexibility index (Phi) is 2.56. The first kappa shape index (κ1) is 11.8. The molecule has 1 aliphatic rings. The maximum atomic E-state index is 4.44. The zero-order valence-electron chi connectivity index (χ0n) is 11.4. The van der Waals surface area contributed by atoms with Crippen molar-refractivity contribution in [2.45, 2.75) is 13.8 Å². The van der Waals surface area contributed by atoms with Gasteiger partial charge < -0.3 is 0 Å². The molecule has 0 aliphatic carbocycles. The Morgan fingerprint density at radius 2 is 1.95 bits per heavy atom. The van der Waals surface area contributed by atoms with Crippen molar-refractivity contribution in [1.29, 1.82) is 0 Å². The van der Waals surface area contributed by atoms with Crippen molar-refractivity contribution in [3.63, 3.8) is 0 Å². The molecule has 0 fully saturated rings. The van der Waals surface area contributed by atoms with E-state index in [9.17, 15) is 0 Å². The Bertz CT molecular complexity index is 767. The summed E-state index contributed by atoms with van der Waals surface area (Å²) in [5.74, 6) is 1.42. The minimum Gasteiger partial charge on any atom is -0.270 e. The summed E-state index contributed by atoms with van der Waals surface area (Å²) in [6, 6.07) is 8.51. The zero-order chi connectivity index (χ0) is 13.6. The number of benzene rings is 2. The van der Waals surface area contributed by atoms with Gasteiger partial charge in [-0.2, -0.15) is 0 Å². The van der Waals surface area contributed by atoms with Gasteiger partial charge in [-0.25, -0.2) is 9.98 Å². The van der Waals surface area contributed by atoms with Crippen LogP contribution < -0.4 is 0 Å². The summed E-state index contributed by atoms with van der Waals surface area (Å²) >= 11 is 0. The molecule has 1 heterocycles. The van der Waals surface area contributed by atoms with Crippen LogP contribution in [0.1, 0.15) is 22.3 Å². The van der Waals surface area contributed by atoms with Crippen LogP contribution in [0.3, 0.4) is 0 Å². The lowest BCUT2D eigenvalue weighted by molar-refractivity contribution is 1.40. The molecule has 3 rings (SSSR count). The molecular formula is C16H15N3. The number of hydrogen-bond donors (Lipinski definition) is 0. The molecule has 2 aromatic rings. The van der Waals surface area contributed by atoms with E-state index in [0.717, 1.165) is 17.0 Å². The van der Waals surface area contributed by atoms with E-state index in [-0.39, 0.29) is 0 Å². The predicted molar refractivity (Wildman–Crippen MR) is 82.0 cm³/mol. The summed E-state index contributed by atoms with van der Waals surface area (Å²) in [7, 11) is 1.76. The first-order valence-electron chi connectivity index (χ1n) is 6.23. The topological polar surface area (TPSA) is 37.1 Å². The largest absolute Gasteiger partial charge is 0.270 e. The van der Waals surface area contributed by atoms with E-state index in [1.54, 1.807) is 7.05 Å². The second-order valence-electron chi connectivity index (χ2n) is 4.73. The molecule has 1 aliphatic heterocycles. The molecule has 0 bridgehead atoms. The minimum atomic E-state index is 0.677. The van der Waals surface area contributed by atoms with Gasteiger partial charge in [0.2, 0.25) is 0 Å². The number of nitrogens with zero attached hydrogens (tertiary/aromatic N) is 3. The van der Waals surface area contributed by atoms with Crippen LogP contribution >= 0.6 is 0 Å². The lowest BCUT2D eigenvalue weighted by Crippen LogP contribution is -2.01. The molecule has 2 aromatic carbocycles. The Morgan fingerprint density at radius 3 is 2.63 bits per heavy atom. The number of rotatable bonds is 0. The van der Waals surface area contributed by atoms with Gasteiger partial charge in [0.25, 0.3) is 0 Å². The quantitative estimate of drug-likeness (QED) is 0.642. The molecule has 0 atom stereocenters. The molecule has 3 nitrogen and oxygen atoms in total. The summed E-state index contributed by atoms with van der Waals surface area (Å²) in [5, 5.41) is 2.49. The number of hydrogen-bond acceptors (Lipinski definition) is 2. The summed E-state index contributed by atoms with van der Waals surface area (Å²) in [6.45, 7) is 7.85. The van der Waals surface area contributed by atoms with Crippen LogP contribution in [0.5, 0.6) is 0 Å². The molecule has 0 spiro atoms. The Morgan fingerprint density at radius 1 is 1.16 bits per heavy atom. The van der Waals surface area contributed by atoms with Crippen molar-refractivity contribution in [3.05, 3.63) is 46.5 Å². The fourth-order valence-electron chi connectivity index (χ4n) is 2.72. The average Bonchev–Trinajstić information content (AvgIpc) is 2.78. The number of fused-ring (bicyclic) bond motifs is 2. The van der Waals surface area contributed by atoms with Crippen molar-refractivity contribution in [2.75, 3.05) is 7.05 Å². The Labute approximate surface area is 112 Å². The van der Waals surface area contributed by atoms with Gasteiger partial charge in [-0.05, 0) is 48.5 Å². The molecule has 19 heavy (non-hydrogen) atoms. The van der Waals surface area contributed by atoms with Crippen molar-refractivity contribution in [2.24, 2.45) is 15.0 Å². The van der Waals surface area contributed by atoms with Crippen LogP contribution in [0.15, 0.2) is 39.2 Å². The molecule has 94 valence electrons. The van der Waals surface area contributed by atoms with Crippen LogP contribution in [0.2, 0.25) is 0 Å². The van der Waals surface area contributed by atoms with Crippen LogP contribution in [-0.4, -0.2) is 25.4 Å². The highest BCUT2D eigenvalue weighted by Gasteiger charge is 2.24. The SMILES string of the molecule is C=NC1=NC(=NC)c2cc3c(C)cccc3c(C)c21. The molecule has 0 aromatic heterocycles. The fourth-order valence-corrected chi connectivity index (χ4v) is 2.72. The van der Waals surface area contributed by atoms with Crippen molar-refractivity contribution in [3.8, 4) is 0 Å². The highest BCUT2D eigenvalue weighted by molar-refractivity contribution is 6.25. The van der Waals surface area contributed by atoms with E-state index >= 15 is 0 Å². The smallest absolute Gasteiger partial charge is 0.162 e. The average molecular weight is 249 g/mol. The molecule has 0 unspecified atom stereocenters.